The lowest BCUT2D eigenvalue weighted by molar-refractivity contribution is -0.146. The van der Waals surface area contributed by atoms with Crippen LogP contribution in [0.25, 0.3) is 10.9 Å². The molecule has 5 amide bonds. The number of hydrogen-bond donors (Lipinski definition) is 4. The number of ketones is 2. The lowest BCUT2D eigenvalue weighted by Gasteiger charge is -2.31. The number of methoxy groups -OCH3 is 1. The molecule has 0 aliphatic carbocycles. The Kier molecular flexibility index (Phi) is 20.0. The molecule has 24 heteroatoms. The van der Waals surface area contributed by atoms with Crippen LogP contribution in [0.2, 0.25) is 0 Å². The maximum atomic E-state index is 14.2. The Morgan fingerprint density at radius 1 is 0.835 bits per heavy atom. The number of aliphatic hydroxyl groups is 1. The lowest BCUT2D eigenvalue weighted by atomic mass is 9.91. The molecule has 2 aliphatic heterocycles. The van der Waals surface area contributed by atoms with Crippen molar-refractivity contribution in [3.8, 4) is 11.5 Å². The first-order chi connectivity index (χ1) is 43.4. The van der Waals surface area contributed by atoms with Gasteiger partial charge in [0.2, 0.25) is 17.6 Å². The molecule has 9 rings (SSSR count). The van der Waals surface area contributed by atoms with E-state index in [1.807, 2.05) is 26.0 Å². The van der Waals surface area contributed by atoms with Crippen LogP contribution in [0.15, 0.2) is 122 Å². The van der Waals surface area contributed by atoms with Crippen LogP contribution in [0.5, 0.6) is 11.5 Å². The molecule has 0 saturated carbocycles. The molecule has 476 valence electrons. The summed E-state index contributed by atoms with van der Waals surface area (Å²) < 4.78 is 28.6. The van der Waals surface area contributed by atoms with Gasteiger partial charge in [0.1, 0.15) is 36.1 Å². The molecule has 3 aromatic carbocycles. The minimum Gasteiger partial charge on any atom is -0.497 e. The smallest absolute Gasteiger partial charge is 0.416 e. The van der Waals surface area contributed by atoms with Gasteiger partial charge in [0.15, 0.2) is 23.7 Å². The van der Waals surface area contributed by atoms with E-state index in [9.17, 15) is 48.3 Å². The van der Waals surface area contributed by atoms with Crippen LogP contribution in [0.4, 0.5) is 22.0 Å². The summed E-state index contributed by atoms with van der Waals surface area (Å²) in [7, 11) is 6.59. The van der Waals surface area contributed by atoms with Crippen LogP contribution in [0.1, 0.15) is 111 Å². The molecule has 1 saturated heterocycles. The summed E-state index contributed by atoms with van der Waals surface area (Å²) in [5, 5.41) is 21.1. The summed E-state index contributed by atoms with van der Waals surface area (Å²) in [4.78, 5) is 128. The van der Waals surface area contributed by atoms with E-state index in [-0.39, 0.29) is 123 Å². The molecular weight excluding hydrogens is 1170 g/mol. The molecule has 0 radical (unpaired) electrons. The van der Waals surface area contributed by atoms with Crippen molar-refractivity contribution < 1.29 is 67.2 Å². The number of carbonyl (C=O) groups excluding carboxylic acids is 9. The van der Waals surface area contributed by atoms with E-state index >= 15 is 0 Å². The van der Waals surface area contributed by atoms with Crippen molar-refractivity contribution >= 4 is 81.3 Å². The Balaban J connectivity index is 0.769. The number of aliphatic hydroxyl groups excluding tert-OH is 1. The Labute approximate surface area is 525 Å². The zero-order valence-electron chi connectivity index (χ0n) is 52.1. The zero-order valence-corrected chi connectivity index (χ0v) is 52.1. The van der Waals surface area contributed by atoms with Crippen molar-refractivity contribution in [1.82, 2.24) is 33.5 Å². The van der Waals surface area contributed by atoms with Gasteiger partial charge in [-0.25, -0.2) is 14.7 Å². The molecule has 7 aromatic rings. The van der Waals surface area contributed by atoms with Gasteiger partial charge in [-0.3, -0.25) is 42.9 Å². The van der Waals surface area contributed by atoms with Crippen LogP contribution in [0.3, 0.4) is 0 Å². The molecule has 24 nitrogen and oxygen atoms in total. The average Bonchev–Trinajstić information content (AvgIpc) is 1.65. The summed E-state index contributed by atoms with van der Waals surface area (Å²) in [6.45, 7) is 14.5. The maximum absolute atomic E-state index is 14.2. The quantitative estimate of drug-likeness (QED) is 0.0184. The largest absolute Gasteiger partial charge is 0.497 e. The minimum absolute atomic E-state index is 0.0129. The Morgan fingerprint density at radius 3 is 2.30 bits per heavy atom. The van der Waals surface area contributed by atoms with Crippen molar-refractivity contribution in [2.45, 2.75) is 91.1 Å². The highest BCUT2D eigenvalue weighted by atomic mass is 16.6. The van der Waals surface area contributed by atoms with Crippen molar-refractivity contribution in [2.24, 2.45) is 33.0 Å². The van der Waals surface area contributed by atoms with Gasteiger partial charge in [-0.15, -0.1) is 0 Å². The van der Waals surface area contributed by atoms with Gasteiger partial charge in [-0.2, -0.15) is 0 Å². The number of imidazole rings is 1. The van der Waals surface area contributed by atoms with E-state index in [2.05, 4.69) is 34.1 Å². The number of benzene rings is 3. The first-order valence-corrected chi connectivity index (χ1v) is 29.7. The number of Topliss-reactive ketones (excluding diaryl/α,β-unsaturated/α-hetero) is 2. The van der Waals surface area contributed by atoms with Crippen molar-refractivity contribution in [1.29, 1.82) is 0 Å². The number of esters is 1. The molecule has 0 spiro atoms. The van der Waals surface area contributed by atoms with E-state index in [1.54, 1.807) is 124 Å². The van der Waals surface area contributed by atoms with E-state index in [4.69, 9.17) is 18.9 Å². The molecule has 4 N–H and O–H groups in total. The molecule has 1 fully saturated rings. The van der Waals surface area contributed by atoms with Crippen molar-refractivity contribution in [3.05, 3.63) is 167 Å². The number of fused-ring (bicyclic) bond motifs is 3. The fourth-order valence-electron chi connectivity index (χ4n) is 11.2. The summed E-state index contributed by atoms with van der Waals surface area (Å²) in [5.74, 6) is -2.91. The monoisotopic (exact) mass is 1240 g/mol. The number of hydrogen-bond acceptors (Lipinski definition) is 15. The first kappa shape index (κ1) is 65.1. The molecule has 1 unspecified atom stereocenters. The molecule has 6 heterocycles. The van der Waals surface area contributed by atoms with Crippen LogP contribution in [-0.2, 0) is 69.2 Å². The maximum Gasteiger partial charge on any atom is 0.416 e. The van der Waals surface area contributed by atoms with Gasteiger partial charge in [0.05, 0.1) is 60.6 Å². The van der Waals surface area contributed by atoms with E-state index in [0.29, 0.717) is 50.5 Å². The van der Waals surface area contributed by atoms with Crippen molar-refractivity contribution in [2.75, 3.05) is 42.4 Å². The van der Waals surface area contributed by atoms with Gasteiger partial charge in [0.25, 0.3) is 17.7 Å². The van der Waals surface area contributed by atoms with Gasteiger partial charge >= 0.3 is 12.1 Å². The predicted molar refractivity (Wildman–Crippen MR) is 337 cm³/mol. The first-order valence-electron chi connectivity index (χ1n) is 29.7. The molecule has 0 bridgehead atoms. The van der Waals surface area contributed by atoms with Crippen LogP contribution < -0.4 is 30.3 Å². The van der Waals surface area contributed by atoms with Gasteiger partial charge in [-0.1, -0.05) is 62.9 Å². The second-order valence-electron chi connectivity index (χ2n) is 23.2. The topological polar surface area (TPSA) is 286 Å². The minimum atomic E-state index is -1.54. The number of ether oxygens (including phenoxy) is 4. The number of anilines is 3. The zero-order chi connectivity index (χ0) is 65.5. The number of aryl methyl sites for hydroxylation is 4. The van der Waals surface area contributed by atoms with Gasteiger partial charge in [-0.05, 0) is 97.3 Å². The third kappa shape index (κ3) is 14.9. The number of rotatable bonds is 25. The number of aromatic nitrogens is 5. The average molecular weight is 1240 g/mol. The standard InChI is InChI=1S/C67H74N10O14/c1-11-22-90-60(81)31-48(38(2)3)62(82)68-41(6)55(78)27-42-14-16-43(17-15-42)37-91-67(87)77-51-32-57(40(5)25-49(51)64(84)76-33-39(4)24-54(76)66(77)86)89-23-12-13-59(80)70-58-36-74(9)61(71-58)56(79)28-44-26-52(72(7)34-44)63(83)69-46-30-53(73(8)35-46)65(85)75-21-20-45-29-47(88-10)18-19-50(45)75/h11,14-21,25-26,29-30,32,34-36,38,41,48,54,66,86H,1,4,12-13,22-24,27-28,31,33,37H2,2-3,5-10H3,(H,68,82)(H,69,83)(H,70,80)/t41-,48-,54-,66?/m0/s1. The summed E-state index contributed by atoms with van der Waals surface area (Å²) in [6, 6.07) is 18.6. The van der Waals surface area contributed by atoms with E-state index in [1.165, 1.54) is 32.4 Å². The fraction of sp³-hybridized carbons (Fsp3) is 0.343. The molecule has 4 aromatic heterocycles. The van der Waals surface area contributed by atoms with Crippen LogP contribution >= 0.6 is 0 Å². The van der Waals surface area contributed by atoms with E-state index < -0.39 is 59.9 Å². The Bertz CT molecular complexity index is 4020. The Hall–Kier alpha value is -10.4. The van der Waals surface area contributed by atoms with Gasteiger partial charge < -0.3 is 58.6 Å². The molecule has 4 atom stereocenters. The van der Waals surface area contributed by atoms with Crippen molar-refractivity contribution in [3.63, 3.8) is 0 Å². The number of carbonyl (C=O) groups is 9. The number of nitrogens with zero attached hydrogens (tertiary/aromatic N) is 7. The Morgan fingerprint density at radius 2 is 1.57 bits per heavy atom. The lowest BCUT2D eigenvalue weighted by Crippen LogP contribution is -2.50. The van der Waals surface area contributed by atoms with Gasteiger partial charge in [0, 0.05) is 83.2 Å². The van der Waals surface area contributed by atoms with Crippen LogP contribution in [-0.4, -0.2) is 132 Å². The molecular formula is C67H74N10O14. The summed E-state index contributed by atoms with van der Waals surface area (Å²) >= 11 is 0. The highest BCUT2D eigenvalue weighted by Crippen LogP contribution is 2.40. The molecule has 91 heavy (non-hydrogen) atoms. The summed E-state index contributed by atoms with van der Waals surface area (Å²) in [5.41, 5.74) is 4.88. The third-order valence-corrected chi connectivity index (χ3v) is 16.1. The number of amides is 5. The number of nitrogens with one attached hydrogen (secondary N) is 3. The highest BCUT2D eigenvalue weighted by molar-refractivity contribution is 6.07. The highest BCUT2D eigenvalue weighted by Gasteiger charge is 2.46. The second-order valence-corrected chi connectivity index (χ2v) is 23.2. The van der Waals surface area contributed by atoms with Crippen LogP contribution in [0, 0.1) is 18.8 Å². The molecule has 2 aliphatic rings. The SMILES string of the molecule is C=CCOC(=O)C[C@H](C(=O)N[C@@H](C)C(=O)Cc1ccc(COC(=O)N2c3cc(OCCCC(=O)Nc4cn(C)c(C(=O)Cc5cc(C(=O)Nc6cc(C(=O)n7ccc8cc(OC)ccc87)n(C)c6)n(C)c5)n4)c(C)cc3C(=O)N3CC(=C)C[C@H]3C2O)cc1)C(C)C. The summed E-state index contributed by atoms with van der Waals surface area (Å²) in [6.07, 6.45) is 5.64. The predicted octanol–water partition coefficient (Wildman–Crippen LogP) is 7.79. The van der Waals surface area contributed by atoms with E-state index in [0.717, 1.165) is 10.3 Å². The second kappa shape index (κ2) is 28.0. The normalized spacial score (nSPS) is 15.1. The third-order valence-electron chi connectivity index (χ3n) is 16.1. The fourth-order valence-corrected chi connectivity index (χ4v) is 11.2.